The number of methoxy groups -OCH3 is 1. The van der Waals surface area contributed by atoms with E-state index >= 15 is 0 Å². The van der Waals surface area contributed by atoms with Crippen LogP contribution in [0.5, 0.6) is 5.75 Å². The van der Waals surface area contributed by atoms with Crippen LogP contribution in [-0.2, 0) is 6.54 Å². The second kappa shape index (κ2) is 9.78. The molecule has 1 amide bonds. The van der Waals surface area contributed by atoms with Gasteiger partial charge in [-0.1, -0.05) is 42.5 Å². The van der Waals surface area contributed by atoms with Crippen LogP contribution in [0.3, 0.4) is 0 Å². The molecule has 0 spiro atoms. The predicted molar refractivity (Wildman–Crippen MR) is 120 cm³/mol. The van der Waals surface area contributed by atoms with Crippen molar-refractivity contribution in [1.29, 1.82) is 0 Å². The fourth-order valence-corrected chi connectivity index (χ4v) is 3.79. The summed E-state index contributed by atoms with van der Waals surface area (Å²) in [7, 11) is 1.64. The number of halogens is 1. The molecule has 0 saturated carbocycles. The number of carbonyl (C=O) groups is 1. The fraction of sp³-hybridized carbons (Fsp3) is 0.304. The zero-order chi connectivity index (χ0) is 20.2. The zero-order valence-electron chi connectivity index (χ0n) is 17.0. The van der Waals surface area contributed by atoms with E-state index in [1.54, 1.807) is 7.11 Å². The highest BCUT2D eigenvalue weighted by Crippen LogP contribution is 2.28. The number of nitrogens with two attached hydrogens (primary N) is 1. The van der Waals surface area contributed by atoms with E-state index in [1.165, 1.54) is 0 Å². The molecule has 1 unspecified atom stereocenters. The molecule has 30 heavy (non-hydrogen) atoms. The first-order valence-corrected chi connectivity index (χ1v) is 9.93. The van der Waals surface area contributed by atoms with E-state index in [9.17, 15) is 4.79 Å². The number of carbonyl (C=O) groups excluding carboxylic acids is 1. The lowest BCUT2D eigenvalue weighted by Crippen LogP contribution is -2.30. The van der Waals surface area contributed by atoms with E-state index in [4.69, 9.17) is 15.6 Å². The van der Waals surface area contributed by atoms with Crippen LogP contribution in [0.15, 0.2) is 60.8 Å². The molecule has 1 aliphatic rings. The van der Waals surface area contributed by atoms with Crippen molar-refractivity contribution in [3.63, 3.8) is 0 Å². The second-order valence-corrected chi connectivity index (χ2v) is 7.45. The Hall–Kier alpha value is -2.83. The summed E-state index contributed by atoms with van der Waals surface area (Å²) in [6.07, 6.45) is 2.81. The van der Waals surface area contributed by atoms with Crippen LogP contribution in [0.2, 0.25) is 0 Å². The number of rotatable bonds is 6. The summed E-state index contributed by atoms with van der Waals surface area (Å²) in [6.45, 7) is 2.66. The third-order valence-electron chi connectivity index (χ3n) is 5.43. The molecule has 3 aromatic rings. The second-order valence-electron chi connectivity index (χ2n) is 7.45. The van der Waals surface area contributed by atoms with Gasteiger partial charge in [-0.15, -0.1) is 12.4 Å². The van der Waals surface area contributed by atoms with Gasteiger partial charge in [0.1, 0.15) is 11.4 Å². The van der Waals surface area contributed by atoms with Crippen molar-refractivity contribution in [3.05, 3.63) is 71.9 Å². The molecule has 0 radical (unpaired) electrons. The van der Waals surface area contributed by atoms with Crippen LogP contribution in [0.1, 0.15) is 22.3 Å². The molecule has 7 heteroatoms. The third kappa shape index (κ3) is 4.66. The van der Waals surface area contributed by atoms with Crippen LogP contribution in [0, 0.1) is 5.92 Å². The van der Waals surface area contributed by atoms with Gasteiger partial charge in [0.25, 0.3) is 5.91 Å². The number of hydrogen-bond acceptors (Lipinski definition) is 4. The Morgan fingerprint density at radius 3 is 2.70 bits per heavy atom. The lowest BCUT2D eigenvalue weighted by Gasteiger charge is -2.16. The van der Waals surface area contributed by atoms with E-state index in [-0.39, 0.29) is 18.3 Å². The molecular weight excluding hydrogens is 400 g/mol. The van der Waals surface area contributed by atoms with Gasteiger partial charge < -0.3 is 15.4 Å². The van der Waals surface area contributed by atoms with E-state index in [1.807, 2.05) is 58.2 Å². The number of hydrogen-bond donors (Lipinski definition) is 1. The van der Waals surface area contributed by atoms with Crippen molar-refractivity contribution in [2.45, 2.75) is 13.0 Å². The summed E-state index contributed by atoms with van der Waals surface area (Å²) >= 11 is 0. The number of amides is 1. The van der Waals surface area contributed by atoms with Crippen molar-refractivity contribution >= 4 is 18.3 Å². The first-order chi connectivity index (χ1) is 14.2. The maximum Gasteiger partial charge on any atom is 0.257 e. The minimum absolute atomic E-state index is 0. The van der Waals surface area contributed by atoms with Gasteiger partial charge in [0.05, 0.1) is 19.2 Å². The summed E-state index contributed by atoms with van der Waals surface area (Å²) in [5.74, 6) is 1.12. The smallest absolute Gasteiger partial charge is 0.257 e. The SMILES string of the molecule is COc1cccc(-c2nn(Cc3ccccc3)cc2C(=O)N2CCC(CN)C2)c1.Cl. The summed E-state index contributed by atoms with van der Waals surface area (Å²) in [6, 6.07) is 17.8. The Morgan fingerprint density at radius 2 is 2.00 bits per heavy atom. The Balaban J connectivity index is 0.00000256. The van der Waals surface area contributed by atoms with E-state index < -0.39 is 0 Å². The molecule has 2 N–H and O–H groups in total. The van der Waals surface area contributed by atoms with Gasteiger partial charge in [-0.05, 0) is 36.6 Å². The largest absolute Gasteiger partial charge is 0.497 e. The van der Waals surface area contributed by atoms with Crippen LogP contribution < -0.4 is 10.5 Å². The maximum atomic E-state index is 13.3. The van der Waals surface area contributed by atoms with Gasteiger partial charge in [0.2, 0.25) is 0 Å². The number of benzene rings is 2. The quantitative estimate of drug-likeness (QED) is 0.655. The summed E-state index contributed by atoms with van der Waals surface area (Å²) < 4.78 is 7.20. The van der Waals surface area contributed by atoms with Crippen molar-refractivity contribution in [1.82, 2.24) is 14.7 Å². The van der Waals surface area contributed by atoms with Gasteiger partial charge >= 0.3 is 0 Å². The highest BCUT2D eigenvalue weighted by Gasteiger charge is 2.29. The van der Waals surface area contributed by atoms with Crippen molar-refractivity contribution in [2.75, 3.05) is 26.7 Å². The van der Waals surface area contributed by atoms with Crippen LogP contribution >= 0.6 is 12.4 Å². The molecule has 0 bridgehead atoms. The molecule has 4 rings (SSSR count). The molecule has 1 saturated heterocycles. The lowest BCUT2D eigenvalue weighted by atomic mass is 10.1. The molecular formula is C23H27ClN4O2. The molecule has 158 valence electrons. The zero-order valence-corrected chi connectivity index (χ0v) is 17.8. The molecule has 1 aliphatic heterocycles. The van der Waals surface area contributed by atoms with Crippen molar-refractivity contribution in [2.24, 2.45) is 11.7 Å². The number of nitrogens with zero attached hydrogens (tertiary/aromatic N) is 3. The van der Waals surface area contributed by atoms with Gasteiger partial charge in [0.15, 0.2) is 0 Å². The number of ether oxygens (including phenoxy) is 1. The monoisotopic (exact) mass is 426 g/mol. The molecule has 1 aromatic heterocycles. The maximum absolute atomic E-state index is 13.3. The van der Waals surface area contributed by atoms with E-state index in [0.717, 1.165) is 29.8 Å². The molecule has 2 heterocycles. The normalized spacial score (nSPS) is 15.7. The van der Waals surface area contributed by atoms with E-state index in [2.05, 4.69) is 12.1 Å². The molecule has 0 aliphatic carbocycles. The minimum Gasteiger partial charge on any atom is -0.497 e. The van der Waals surface area contributed by atoms with Crippen molar-refractivity contribution < 1.29 is 9.53 Å². The Morgan fingerprint density at radius 1 is 1.20 bits per heavy atom. The number of likely N-dealkylation sites (tertiary alicyclic amines) is 1. The Kier molecular flexibility index (Phi) is 7.13. The van der Waals surface area contributed by atoms with Crippen LogP contribution in [-0.4, -0.2) is 47.3 Å². The van der Waals surface area contributed by atoms with Crippen LogP contribution in [0.25, 0.3) is 11.3 Å². The van der Waals surface area contributed by atoms with Gasteiger partial charge in [-0.25, -0.2) is 0 Å². The number of aromatic nitrogens is 2. The first-order valence-electron chi connectivity index (χ1n) is 9.93. The summed E-state index contributed by atoms with van der Waals surface area (Å²) in [5, 5.41) is 4.77. The average Bonchev–Trinajstić information content (AvgIpc) is 3.41. The summed E-state index contributed by atoms with van der Waals surface area (Å²) in [4.78, 5) is 15.2. The first kappa shape index (κ1) is 21.9. The molecule has 2 aromatic carbocycles. The topological polar surface area (TPSA) is 73.4 Å². The fourth-order valence-electron chi connectivity index (χ4n) is 3.79. The minimum atomic E-state index is 0. The average molecular weight is 427 g/mol. The standard InChI is InChI=1S/C23H26N4O2.ClH/c1-29-20-9-5-8-19(12-20)22-21(23(28)26-11-10-18(13-24)14-26)16-27(25-22)15-17-6-3-2-4-7-17;/h2-9,12,16,18H,10-11,13-15,24H2,1H3;1H. The van der Waals surface area contributed by atoms with Gasteiger partial charge in [-0.3, -0.25) is 9.48 Å². The highest BCUT2D eigenvalue weighted by atomic mass is 35.5. The van der Waals surface area contributed by atoms with Gasteiger partial charge in [0, 0.05) is 24.8 Å². The third-order valence-corrected chi connectivity index (χ3v) is 5.43. The van der Waals surface area contributed by atoms with Crippen LogP contribution in [0.4, 0.5) is 0 Å². The summed E-state index contributed by atoms with van der Waals surface area (Å²) in [5.41, 5.74) is 9.11. The lowest BCUT2D eigenvalue weighted by molar-refractivity contribution is 0.0788. The molecule has 1 atom stereocenters. The molecule has 6 nitrogen and oxygen atoms in total. The van der Waals surface area contributed by atoms with E-state index in [0.29, 0.717) is 36.8 Å². The Bertz CT molecular complexity index is 990. The highest BCUT2D eigenvalue weighted by molar-refractivity contribution is 6.00. The Labute approximate surface area is 183 Å². The van der Waals surface area contributed by atoms with Gasteiger partial charge in [-0.2, -0.15) is 5.10 Å². The molecule has 1 fully saturated rings. The van der Waals surface area contributed by atoms with Crippen molar-refractivity contribution in [3.8, 4) is 17.0 Å². The predicted octanol–water partition coefficient (Wildman–Crippen LogP) is 3.45.